The maximum Gasteiger partial charge on any atom is 0.224 e. The molecular formula is C19H21NO3S. The smallest absolute Gasteiger partial charge is 0.224 e. The Bertz CT molecular complexity index is 816. The van der Waals surface area contributed by atoms with Gasteiger partial charge in [0.1, 0.15) is 0 Å². The van der Waals surface area contributed by atoms with Crippen LogP contribution in [-0.2, 0) is 14.6 Å². The Balaban J connectivity index is 2.11. The van der Waals surface area contributed by atoms with Crippen LogP contribution in [0.4, 0.5) is 0 Å². The number of nitrogens with zero attached hydrogens (tertiary/aromatic N) is 1. The van der Waals surface area contributed by atoms with Crippen LogP contribution in [0.2, 0.25) is 0 Å². The summed E-state index contributed by atoms with van der Waals surface area (Å²) in [7, 11) is -3.60. The van der Waals surface area contributed by atoms with Gasteiger partial charge in [0.2, 0.25) is 5.91 Å². The monoisotopic (exact) mass is 343 g/mol. The summed E-state index contributed by atoms with van der Waals surface area (Å²) in [6, 6.07) is 17.3. The van der Waals surface area contributed by atoms with Crippen molar-refractivity contribution in [3.8, 4) is 0 Å². The number of hydrogen-bond acceptors (Lipinski definition) is 3. The fourth-order valence-electron chi connectivity index (χ4n) is 3.42. The number of likely N-dealkylation sites (tertiary alicyclic amines) is 1. The van der Waals surface area contributed by atoms with E-state index in [1.54, 1.807) is 35.2 Å². The second-order valence-electron chi connectivity index (χ2n) is 6.35. The third kappa shape index (κ3) is 2.84. The molecule has 0 aromatic heterocycles. The number of rotatable bonds is 4. The van der Waals surface area contributed by atoms with Crippen molar-refractivity contribution < 1.29 is 13.2 Å². The van der Waals surface area contributed by atoms with Crippen LogP contribution >= 0.6 is 0 Å². The average molecular weight is 343 g/mol. The number of carbonyl (C=O) groups is 1. The Hall–Kier alpha value is -2.14. The van der Waals surface area contributed by atoms with Crippen LogP contribution in [0.3, 0.4) is 0 Å². The van der Waals surface area contributed by atoms with Crippen LogP contribution in [0.5, 0.6) is 0 Å². The van der Waals surface area contributed by atoms with Crippen LogP contribution in [0.1, 0.15) is 31.9 Å². The van der Waals surface area contributed by atoms with Crippen LogP contribution in [0.15, 0.2) is 65.6 Å². The average Bonchev–Trinajstić information content (AvgIpc) is 2.95. The van der Waals surface area contributed by atoms with Crippen molar-refractivity contribution in [2.24, 2.45) is 0 Å². The van der Waals surface area contributed by atoms with E-state index in [4.69, 9.17) is 0 Å². The summed E-state index contributed by atoms with van der Waals surface area (Å²) in [6.45, 7) is 3.84. The van der Waals surface area contributed by atoms with Gasteiger partial charge in [-0.15, -0.1) is 0 Å². The molecule has 1 aliphatic heterocycles. The molecular weight excluding hydrogens is 322 g/mol. The second kappa shape index (κ2) is 6.40. The number of benzene rings is 2. The molecule has 4 nitrogen and oxygen atoms in total. The molecule has 2 atom stereocenters. The van der Waals surface area contributed by atoms with Crippen LogP contribution in [0.25, 0.3) is 0 Å². The lowest BCUT2D eigenvalue weighted by molar-refractivity contribution is -0.130. The molecule has 0 saturated carbocycles. The van der Waals surface area contributed by atoms with Gasteiger partial charge in [-0.25, -0.2) is 8.42 Å². The molecule has 0 spiro atoms. The summed E-state index contributed by atoms with van der Waals surface area (Å²) in [5.74, 6) is -0.108. The van der Waals surface area contributed by atoms with Gasteiger partial charge in [0.05, 0.1) is 16.2 Å². The molecule has 3 rings (SSSR count). The third-order valence-corrected chi connectivity index (χ3v) is 6.63. The maximum absolute atomic E-state index is 13.2. The SMILES string of the molecule is CC(C)N1C(=O)C[C@@H](S(=O)(=O)c2ccccc2)[C@@H]1c1ccccc1. The minimum Gasteiger partial charge on any atom is -0.332 e. The minimum absolute atomic E-state index is 0.0228. The Kier molecular flexibility index (Phi) is 4.45. The highest BCUT2D eigenvalue weighted by molar-refractivity contribution is 7.92. The van der Waals surface area contributed by atoms with Crippen molar-refractivity contribution in [3.63, 3.8) is 0 Å². The zero-order valence-corrected chi connectivity index (χ0v) is 14.6. The van der Waals surface area contributed by atoms with Crippen LogP contribution in [0, 0.1) is 0 Å². The Morgan fingerprint density at radius 3 is 2.04 bits per heavy atom. The first-order chi connectivity index (χ1) is 11.4. The van der Waals surface area contributed by atoms with Crippen molar-refractivity contribution in [2.75, 3.05) is 0 Å². The fraction of sp³-hybridized carbons (Fsp3) is 0.316. The quantitative estimate of drug-likeness (QED) is 0.856. The van der Waals surface area contributed by atoms with Gasteiger partial charge in [0.25, 0.3) is 0 Å². The first kappa shape index (κ1) is 16.7. The molecule has 1 heterocycles. The van der Waals surface area contributed by atoms with E-state index in [9.17, 15) is 13.2 Å². The molecule has 5 heteroatoms. The van der Waals surface area contributed by atoms with E-state index in [0.29, 0.717) is 0 Å². The highest BCUT2D eigenvalue weighted by atomic mass is 32.2. The lowest BCUT2D eigenvalue weighted by Crippen LogP contribution is -2.37. The number of amides is 1. The van der Waals surface area contributed by atoms with Gasteiger partial charge in [-0.2, -0.15) is 0 Å². The lowest BCUT2D eigenvalue weighted by Gasteiger charge is -2.31. The van der Waals surface area contributed by atoms with Gasteiger partial charge in [-0.3, -0.25) is 4.79 Å². The Morgan fingerprint density at radius 1 is 0.958 bits per heavy atom. The zero-order valence-electron chi connectivity index (χ0n) is 13.8. The summed E-state index contributed by atoms with van der Waals surface area (Å²) >= 11 is 0. The second-order valence-corrected chi connectivity index (χ2v) is 8.52. The van der Waals surface area contributed by atoms with Crippen molar-refractivity contribution in [3.05, 3.63) is 66.2 Å². The maximum atomic E-state index is 13.2. The van der Waals surface area contributed by atoms with Crippen molar-refractivity contribution in [1.29, 1.82) is 0 Å². The van der Waals surface area contributed by atoms with E-state index in [0.717, 1.165) is 5.56 Å². The predicted octanol–water partition coefficient (Wildman–Crippen LogP) is 3.21. The summed E-state index contributed by atoms with van der Waals surface area (Å²) in [6.07, 6.45) is 0.0228. The van der Waals surface area contributed by atoms with E-state index >= 15 is 0 Å². The third-order valence-electron chi connectivity index (χ3n) is 4.48. The van der Waals surface area contributed by atoms with Crippen molar-refractivity contribution in [2.45, 2.75) is 42.5 Å². The van der Waals surface area contributed by atoms with E-state index in [1.165, 1.54) is 0 Å². The first-order valence-electron chi connectivity index (χ1n) is 8.08. The minimum atomic E-state index is -3.60. The highest BCUT2D eigenvalue weighted by Gasteiger charge is 2.48. The molecule has 0 N–H and O–H groups in total. The molecule has 2 aromatic carbocycles. The van der Waals surface area contributed by atoms with Gasteiger partial charge in [0, 0.05) is 12.5 Å². The molecule has 24 heavy (non-hydrogen) atoms. The van der Waals surface area contributed by atoms with Crippen molar-refractivity contribution in [1.82, 2.24) is 4.90 Å². The van der Waals surface area contributed by atoms with Gasteiger partial charge in [0.15, 0.2) is 9.84 Å². The molecule has 0 unspecified atom stereocenters. The van der Waals surface area contributed by atoms with Gasteiger partial charge >= 0.3 is 0 Å². The number of carbonyl (C=O) groups excluding carboxylic acids is 1. The van der Waals surface area contributed by atoms with Crippen molar-refractivity contribution >= 4 is 15.7 Å². The number of sulfone groups is 1. The Morgan fingerprint density at radius 2 is 1.50 bits per heavy atom. The van der Waals surface area contributed by atoms with Gasteiger partial charge in [-0.1, -0.05) is 48.5 Å². The molecule has 0 aliphatic carbocycles. The first-order valence-corrected chi connectivity index (χ1v) is 9.62. The van der Waals surface area contributed by atoms with E-state index in [1.807, 2.05) is 44.2 Å². The normalized spacial score (nSPS) is 21.5. The molecule has 0 radical (unpaired) electrons. The predicted molar refractivity (Wildman–Crippen MR) is 93.2 cm³/mol. The Labute approximate surface area is 143 Å². The van der Waals surface area contributed by atoms with E-state index in [-0.39, 0.29) is 23.3 Å². The molecule has 1 fully saturated rings. The largest absolute Gasteiger partial charge is 0.332 e. The lowest BCUT2D eigenvalue weighted by atomic mass is 10.0. The van der Waals surface area contributed by atoms with E-state index in [2.05, 4.69) is 0 Å². The molecule has 2 aromatic rings. The summed E-state index contributed by atoms with van der Waals surface area (Å²) in [4.78, 5) is 14.5. The summed E-state index contributed by atoms with van der Waals surface area (Å²) in [5, 5.41) is -0.766. The molecule has 0 bridgehead atoms. The summed E-state index contributed by atoms with van der Waals surface area (Å²) in [5.41, 5.74) is 0.863. The molecule has 1 aliphatic rings. The molecule has 1 saturated heterocycles. The van der Waals surface area contributed by atoms with Crippen LogP contribution < -0.4 is 0 Å². The fourth-order valence-corrected chi connectivity index (χ4v) is 5.30. The molecule has 1 amide bonds. The van der Waals surface area contributed by atoms with Crippen LogP contribution in [-0.4, -0.2) is 30.5 Å². The highest BCUT2D eigenvalue weighted by Crippen LogP contribution is 2.40. The van der Waals surface area contributed by atoms with E-state index < -0.39 is 21.1 Å². The molecule has 126 valence electrons. The van der Waals surface area contributed by atoms with Gasteiger partial charge < -0.3 is 4.90 Å². The van der Waals surface area contributed by atoms with Gasteiger partial charge in [-0.05, 0) is 31.5 Å². The summed E-state index contributed by atoms with van der Waals surface area (Å²) < 4.78 is 26.3. The zero-order chi connectivity index (χ0) is 17.3. The standard InChI is InChI=1S/C19H21NO3S/c1-14(2)20-18(21)13-17(19(20)15-9-5-3-6-10-15)24(22,23)16-11-7-4-8-12-16/h3-12,14,17,19H,13H2,1-2H3/t17-,19+/m1/s1. The topological polar surface area (TPSA) is 54.5 Å². The number of hydrogen-bond donors (Lipinski definition) is 0.